The lowest BCUT2D eigenvalue weighted by Gasteiger charge is -2.26. The van der Waals surface area contributed by atoms with E-state index in [2.05, 4.69) is 4.90 Å². The minimum absolute atomic E-state index is 0.212. The molecule has 0 aliphatic carbocycles. The predicted octanol–water partition coefficient (Wildman–Crippen LogP) is 0.857. The third-order valence-electron chi connectivity index (χ3n) is 3.19. The van der Waals surface area contributed by atoms with Crippen LogP contribution < -0.4 is 5.73 Å². The van der Waals surface area contributed by atoms with Gasteiger partial charge in [0.2, 0.25) is 0 Å². The number of methoxy groups -OCH3 is 1. The summed E-state index contributed by atoms with van der Waals surface area (Å²) in [5.74, 6) is -0.339. The number of nitrogens with zero attached hydrogens (tertiary/aromatic N) is 1. The number of carbonyl (C=O) groups is 1. The van der Waals surface area contributed by atoms with E-state index in [1.165, 1.54) is 18.4 Å². The van der Waals surface area contributed by atoms with Crippen molar-refractivity contribution in [3.05, 3.63) is 16.0 Å². The molecule has 0 saturated heterocycles. The van der Waals surface area contributed by atoms with Crippen LogP contribution in [0.4, 0.5) is 5.00 Å². The fourth-order valence-electron chi connectivity index (χ4n) is 2.29. The fraction of sp³-hybridized carbons (Fsp3) is 0.583. The van der Waals surface area contributed by atoms with Crippen LogP contribution in [0, 0.1) is 0 Å². The smallest absolute Gasteiger partial charge is 0.341 e. The normalized spacial score (nSPS) is 15.4. The van der Waals surface area contributed by atoms with Gasteiger partial charge in [0.1, 0.15) is 5.00 Å². The summed E-state index contributed by atoms with van der Waals surface area (Å²) in [6.07, 6.45) is 1.60. The SMILES string of the molecule is COC(=O)c1c(N)sc2c1CCN(CCCO)C2. The molecule has 0 bridgehead atoms. The van der Waals surface area contributed by atoms with E-state index in [4.69, 9.17) is 15.6 Å². The molecule has 0 atom stereocenters. The van der Waals surface area contributed by atoms with Gasteiger partial charge in [0.25, 0.3) is 0 Å². The van der Waals surface area contributed by atoms with Gasteiger partial charge in [-0.25, -0.2) is 4.79 Å². The van der Waals surface area contributed by atoms with Gasteiger partial charge in [-0.1, -0.05) is 0 Å². The maximum absolute atomic E-state index is 11.7. The van der Waals surface area contributed by atoms with Crippen molar-refractivity contribution in [3.63, 3.8) is 0 Å². The summed E-state index contributed by atoms with van der Waals surface area (Å²) in [7, 11) is 1.38. The Balaban J connectivity index is 2.17. The highest BCUT2D eigenvalue weighted by atomic mass is 32.1. The van der Waals surface area contributed by atoms with Crippen molar-refractivity contribution in [2.24, 2.45) is 0 Å². The summed E-state index contributed by atoms with van der Waals surface area (Å²) in [6, 6.07) is 0. The summed E-state index contributed by atoms with van der Waals surface area (Å²) in [4.78, 5) is 15.1. The molecule has 0 radical (unpaired) electrons. The first-order valence-corrected chi connectivity index (χ1v) is 6.80. The summed E-state index contributed by atoms with van der Waals surface area (Å²) >= 11 is 1.47. The number of anilines is 1. The van der Waals surface area contributed by atoms with Gasteiger partial charge in [-0.3, -0.25) is 4.90 Å². The van der Waals surface area contributed by atoms with E-state index in [1.54, 1.807) is 0 Å². The van der Waals surface area contributed by atoms with E-state index in [0.717, 1.165) is 42.9 Å². The van der Waals surface area contributed by atoms with E-state index < -0.39 is 0 Å². The topological polar surface area (TPSA) is 75.8 Å². The Morgan fingerprint density at radius 3 is 3.06 bits per heavy atom. The highest BCUT2D eigenvalue weighted by Gasteiger charge is 2.27. The molecule has 1 aliphatic heterocycles. The van der Waals surface area contributed by atoms with E-state index in [9.17, 15) is 4.79 Å². The molecule has 2 rings (SSSR count). The molecule has 0 amide bonds. The average Bonchev–Trinajstić information content (AvgIpc) is 2.70. The second-order valence-corrected chi connectivity index (χ2v) is 5.47. The maximum atomic E-state index is 11.7. The first kappa shape index (κ1) is 13.3. The molecule has 0 saturated carbocycles. The standard InChI is InChI=1S/C12H18N2O3S/c1-17-12(16)10-8-3-5-14(4-2-6-15)7-9(8)18-11(10)13/h15H,2-7,13H2,1H3. The Labute approximate surface area is 110 Å². The number of thiophene rings is 1. The van der Waals surface area contributed by atoms with E-state index in [1.807, 2.05) is 0 Å². The Bertz CT molecular complexity index is 445. The van der Waals surface area contributed by atoms with Gasteiger partial charge < -0.3 is 15.6 Å². The van der Waals surface area contributed by atoms with Crippen LogP contribution in [-0.4, -0.2) is 42.8 Å². The first-order chi connectivity index (χ1) is 8.67. The van der Waals surface area contributed by atoms with Crippen LogP contribution in [0.15, 0.2) is 0 Å². The number of aliphatic hydroxyl groups excluding tert-OH is 1. The van der Waals surface area contributed by atoms with Gasteiger partial charge in [-0.05, 0) is 18.4 Å². The van der Waals surface area contributed by atoms with Crippen molar-refractivity contribution in [3.8, 4) is 0 Å². The monoisotopic (exact) mass is 270 g/mol. The maximum Gasteiger partial charge on any atom is 0.341 e. The Morgan fingerprint density at radius 2 is 2.39 bits per heavy atom. The van der Waals surface area contributed by atoms with Crippen molar-refractivity contribution in [2.45, 2.75) is 19.4 Å². The van der Waals surface area contributed by atoms with E-state index >= 15 is 0 Å². The lowest BCUT2D eigenvalue weighted by Crippen LogP contribution is -2.31. The molecule has 1 aromatic heterocycles. The molecule has 3 N–H and O–H groups in total. The second-order valence-electron chi connectivity index (χ2n) is 4.34. The predicted molar refractivity (Wildman–Crippen MR) is 70.8 cm³/mol. The van der Waals surface area contributed by atoms with Gasteiger partial charge in [-0.15, -0.1) is 11.3 Å². The Hall–Kier alpha value is -1.11. The number of nitrogens with two attached hydrogens (primary N) is 1. The molecule has 6 heteroatoms. The zero-order valence-electron chi connectivity index (χ0n) is 10.4. The van der Waals surface area contributed by atoms with E-state index in [0.29, 0.717) is 10.6 Å². The molecule has 1 aliphatic rings. The molecule has 1 aromatic rings. The number of ether oxygens (including phenoxy) is 1. The fourth-order valence-corrected chi connectivity index (χ4v) is 3.44. The summed E-state index contributed by atoms with van der Waals surface area (Å²) in [5, 5.41) is 9.39. The average molecular weight is 270 g/mol. The number of rotatable bonds is 4. The molecule has 100 valence electrons. The van der Waals surface area contributed by atoms with Crippen LogP contribution in [0.3, 0.4) is 0 Å². The number of fused-ring (bicyclic) bond motifs is 1. The Morgan fingerprint density at radius 1 is 1.61 bits per heavy atom. The molecule has 0 spiro atoms. The van der Waals surface area contributed by atoms with Crippen molar-refractivity contribution in [1.82, 2.24) is 4.90 Å². The van der Waals surface area contributed by atoms with Crippen LogP contribution in [0.25, 0.3) is 0 Å². The minimum atomic E-state index is -0.339. The minimum Gasteiger partial charge on any atom is -0.465 e. The number of nitrogen functional groups attached to an aromatic ring is 1. The third-order valence-corrected chi connectivity index (χ3v) is 4.23. The molecule has 0 unspecified atom stereocenters. The second kappa shape index (κ2) is 5.69. The first-order valence-electron chi connectivity index (χ1n) is 5.99. The lowest BCUT2D eigenvalue weighted by atomic mass is 10.0. The molecule has 0 fully saturated rings. The lowest BCUT2D eigenvalue weighted by molar-refractivity contribution is 0.0600. The van der Waals surface area contributed by atoms with Crippen LogP contribution in [0.2, 0.25) is 0 Å². The van der Waals surface area contributed by atoms with E-state index in [-0.39, 0.29) is 12.6 Å². The number of esters is 1. The summed E-state index contributed by atoms with van der Waals surface area (Å²) < 4.78 is 4.77. The van der Waals surface area contributed by atoms with Crippen molar-refractivity contribution >= 4 is 22.3 Å². The van der Waals surface area contributed by atoms with Crippen LogP contribution >= 0.6 is 11.3 Å². The van der Waals surface area contributed by atoms with Gasteiger partial charge in [0.15, 0.2) is 0 Å². The zero-order valence-corrected chi connectivity index (χ0v) is 11.3. The number of hydrogen-bond acceptors (Lipinski definition) is 6. The highest BCUT2D eigenvalue weighted by Crippen LogP contribution is 2.35. The third kappa shape index (κ3) is 2.50. The molecule has 18 heavy (non-hydrogen) atoms. The quantitative estimate of drug-likeness (QED) is 0.794. The van der Waals surface area contributed by atoms with Gasteiger partial charge in [0, 0.05) is 31.1 Å². The van der Waals surface area contributed by atoms with Crippen LogP contribution in [-0.2, 0) is 17.7 Å². The summed E-state index contributed by atoms with van der Waals surface area (Å²) in [6.45, 7) is 2.79. The number of carbonyl (C=O) groups excluding carboxylic acids is 1. The molecule has 5 nitrogen and oxygen atoms in total. The van der Waals surface area contributed by atoms with Crippen molar-refractivity contribution in [1.29, 1.82) is 0 Å². The largest absolute Gasteiger partial charge is 0.465 e. The van der Waals surface area contributed by atoms with Gasteiger partial charge in [-0.2, -0.15) is 0 Å². The summed E-state index contributed by atoms with van der Waals surface area (Å²) in [5.41, 5.74) is 7.50. The van der Waals surface area contributed by atoms with Crippen LogP contribution in [0.5, 0.6) is 0 Å². The van der Waals surface area contributed by atoms with Gasteiger partial charge in [0.05, 0.1) is 12.7 Å². The highest BCUT2D eigenvalue weighted by molar-refractivity contribution is 7.16. The molecule has 0 aromatic carbocycles. The van der Waals surface area contributed by atoms with Crippen LogP contribution in [0.1, 0.15) is 27.2 Å². The molecular formula is C12H18N2O3S. The zero-order chi connectivity index (χ0) is 13.1. The molecular weight excluding hydrogens is 252 g/mol. The number of hydrogen-bond donors (Lipinski definition) is 2. The Kier molecular flexibility index (Phi) is 4.21. The van der Waals surface area contributed by atoms with Gasteiger partial charge >= 0.3 is 5.97 Å². The molecule has 2 heterocycles. The van der Waals surface area contributed by atoms with Crippen molar-refractivity contribution < 1.29 is 14.6 Å². The van der Waals surface area contributed by atoms with Crippen molar-refractivity contribution in [2.75, 3.05) is 32.5 Å². The number of aliphatic hydroxyl groups is 1.